The molecule has 100 valence electrons. The zero-order valence-electron chi connectivity index (χ0n) is 11.1. The third-order valence-electron chi connectivity index (χ3n) is 2.74. The van der Waals surface area contributed by atoms with E-state index < -0.39 is 11.9 Å². The summed E-state index contributed by atoms with van der Waals surface area (Å²) in [5, 5.41) is 9.35. The van der Waals surface area contributed by atoms with Crippen molar-refractivity contribution in [3.63, 3.8) is 0 Å². The first-order valence-electron chi connectivity index (χ1n) is 5.71. The van der Waals surface area contributed by atoms with Gasteiger partial charge in [-0.3, -0.25) is 4.79 Å². The number of aliphatic hydroxyl groups is 1. The van der Waals surface area contributed by atoms with Crippen molar-refractivity contribution in [3.05, 3.63) is 29.6 Å². The van der Waals surface area contributed by atoms with Crippen LogP contribution in [0.5, 0.6) is 0 Å². The molecule has 1 atom stereocenters. The summed E-state index contributed by atoms with van der Waals surface area (Å²) in [6.45, 7) is 1.69. The van der Waals surface area contributed by atoms with Crippen LogP contribution in [0, 0.1) is 5.82 Å². The van der Waals surface area contributed by atoms with Gasteiger partial charge in [0, 0.05) is 21.1 Å². The molecule has 0 spiro atoms. The number of carbonyl (C=O) groups excluding carboxylic acids is 1. The topological polar surface area (TPSA) is 43.8 Å². The fourth-order valence-electron chi connectivity index (χ4n) is 1.52. The third kappa shape index (κ3) is 3.43. The van der Waals surface area contributed by atoms with Crippen molar-refractivity contribution in [2.45, 2.75) is 13.0 Å². The second-order valence-electron chi connectivity index (χ2n) is 4.53. The molecule has 5 heteroatoms. The molecule has 0 saturated heterocycles. The minimum absolute atomic E-state index is 0.100. The molecule has 0 aliphatic carbocycles. The number of carbonyl (C=O) groups is 1. The SMILES string of the molecule is CC(O)c1ccc(N(C)CC(=O)N(C)C)c(F)c1. The number of hydrogen-bond donors (Lipinski definition) is 1. The number of amides is 1. The van der Waals surface area contributed by atoms with E-state index in [1.807, 2.05) is 0 Å². The molecule has 0 aromatic heterocycles. The number of hydrogen-bond acceptors (Lipinski definition) is 3. The number of nitrogens with zero attached hydrogens (tertiary/aromatic N) is 2. The van der Waals surface area contributed by atoms with E-state index in [1.54, 1.807) is 45.1 Å². The fraction of sp³-hybridized carbons (Fsp3) is 0.462. The highest BCUT2D eigenvalue weighted by molar-refractivity contribution is 5.80. The Morgan fingerprint density at radius 3 is 2.44 bits per heavy atom. The molecule has 4 nitrogen and oxygen atoms in total. The third-order valence-corrected chi connectivity index (χ3v) is 2.74. The monoisotopic (exact) mass is 254 g/mol. The lowest BCUT2D eigenvalue weighted by Gasteiger charge is -2.22. The molecule has 1 rings (SSSR count). The van der Waals surface area contributed by atoms with Gasteiger partial charge in [-0.25, -0.2) is 4.39 Å². The normalized spacial score (nSPS) is 12.1. The van der Waals surface area contributed by atoms with E-state index in [1.165, 1.54) is 11.0 Å². The Balaban J connectivity index is 2.87. The van der Waals surface area contributed by atoms with Crippen LogP contribution in [0.4, 0.5) is 10.1 Å². The van der Waals surface area contributed by atoms with Gasteiger partial charge in [0.2, 0.25) is 5.91 Å². The van der Waals surface area contributed by atoms with Gasteiger partial charge in [0.15, 0.2) is 0 Å². The lowest BCUT2D eigenvalue weighted by molar-refractivity contribution is -0.127. The number of halogens is 1. The highest BCUT2D eigenvalue weighted by atomic mass is 19.1. The fourth-order valence-corrected chi connectivity index (χ4v) is 1.52. The summed E-state index contributed by atoms with van der Waals surface area (Å²) in [5.74, 6) is -0.543. The first-order chi connectivity index (χ1) is 8.32. The van der Waals surface area contributed by atoms with Gasteiger partial charge >= 0.3 is 0 Å². The van der Waals surface area contributed by atoms with Crippen LogP contribution in [-0.4, -0.2) is 43.6 Å². The molecule has 1 aromatic carbocycles. The predicted octanol–water partition coefficient (Wildman–Crippen LogP) is 1.40. The summed E-state index contributed by atoms with van der Waals surface area (Å²) in [7, 11) is 4.97. The molecule has 1 N–H and O–H groups in total. The Bertz CT molecular complexity index is 433. The van der Waals surface area contributed by atoms with E-state index in [4.69, 9.17) is 0 Å². The van der Waals surface area contributed by atoms with Gasteiger partial charge < -0.3 is 14.9 Å². The maximum atomic E-state index is 13.8. The quantitative estimate of drug-likeness (QED) is 0.883. The van der Waals surface area contributed by atoms with Crippen LogP contribution >= 0.6 is 0 Å². The summed E-state index contributed by atoms with van der Waals surface area (Å²) in [4.78, 5) is 14.5. The molecule has 0 aliphatic heterocycles. The molecule has 1 aromatic rings. The van der Waals surface area contributed by atoms with Crippen molar-refractivity contribution in [3.8, 4) is 0 Å². The maximum Gasteiger partial charge on any atom is 0.241 e. The Kier molecular flexibility index (Phi) is 4.67. The molecular formula is C13H19FN2O2. The van der Waals surface area contributed by atoms with E-state index in [0.29, 0.717) is 11.3 Å². The Labute approximate surface area is 107 Å². The Hall–Kier alpha value is -1.62. The average molecular weight is 254 g/mol. The van der Waals surface area contributed by atoms with Gasteiger partial charge in [-0.1, -0.05) is 6.07 Å². The van der Waals surface area contributed by atoms with Gasteiger partial charge in [-0.15, -0.1) is 0 Å². The minimum atomic E-state index is -0.706. The molecule has 0 bridgehead atoms. The standard InChI is InChI=1S/C13H19FN2O2/c1-9(17)10-5-6-12(11(14)7-10)16(4)8-13(18)15(2)3/h5-7,9,17H,8H2,1-4H3. The largest absolute Gasteiger partial charge is 0.389 e. The van der Waals surface area contributed by atoms with Crippen LogP contribution in [0.15, 0.2) is 18.2 Å². The maximum absolute atomic E-state index is 13.8. The van der Waals surface area contributed by atoms with E-state index in [-0.39, 0.29) is 12.5 Å². The predicted molar refractivity (Wildman–Crippen MR) is 69.0 cm³/mol. The molecule has 1 amide bonds. The summed E-state index contributed by atoms with van der Waals surface area (Å²) < 4.78 is 13.8. The smallest absolute Gasteiger partial charge is 0.241 e. The van der Waals surface area contributed by atoms with Crippen LogP contribution in [0.25, 0.3) is 0 Å². The van der Waals surface area contributed by atoms with Crippen LogP contribution < -0.4 is 4.90 Å². The van der Waals surface area contributed by atoms with Crippen LogP contribution in [-0.2, 0) is 4.79 Å². The minimum Gasteiger partial charge on any atom is -0.389 e. The number of benzene rings is 1. The van der Waals surface area contributed by atoms with Gasteiger partial charge in [0.05, 0.1) is 18.3 Å². The molecule has 0 aliphatic rings. The number of likely N-dealkylation sites (N-methyl/N-ethyl adjacent to an activating group) is 2. The molecule has 1 unspecified atom stereocenters. The summed E-state index contributed by atoms with van der Waals surface area (Å²) in [5.41, 5.74) is 0.859. The van der Waals surface area contributed by atoms with E-state index >= 15 is 0 Å². The second-order valence-corrected chi connectivity index (χ2v) is 4.53. The molecule has 0 fully saturated rings. The van der Waals surface area contributed by atoms with Crippen molar-refractivity contribution in [1.29, 1.82) is 0 Å². The van der Waals surface area contributed by atoms with E-state index in [0.717, 1.165) is 0 Å². The number of anilines is 1. The average Bonchev–Trinajstić information content (AvgIpc) is 2.28. The second kappa shape index (κ2) is 5.82. The van der Waals surface area contributed by atoms with Gasteiger partial charge in [0.25, 0.3) is 0 Å². The highest BCUT2D eigenvalue weighted by Gasteiger charge is 2.14. The Morgan fingerprint density at radius 1 is 1.39 bits per heavy atom. The zero-order chi connectivity index (χ0) is 13.9. The first-order valence-corrected chi connectivity index (χ1v) is 5.71. The first kappa shape index (κ1) is 14.4. The van der Waals surface area contributed by atoms with Crippen LogP contribution in [0.3, 0.4) is 0 Å². The molecule has 0 heterocycles. The molecule has 0 saturated carbocycles. The van der Waals surface area contributed by atoms with Crippen molar-refractivity contribution in [2.24, 2.45) is 0 Å². The van der Waals surface area contributed by atoms with Crippen molar-refractivity contribution in [1.82, 2.24) is 4.90 Å². The molecule has 0 radical (unpaired) electrons. The molecular weight excluding hydrogens is 235 g/mol. The highest BCUT2D eigenvalue weighted by Crippen LogP contribution is 2.22. The van der Waals surface area contributed by atoms with Crippen molar-refractivity contribution >= 4 is 11.6 Å². The van der Waals surface area contributed by atoms with Crippen LogP contribution in [0.1, 0.15) is 18.6 Å². The lowest BCUT2D eigenvalue weighted by atomic mass is 10.1. The number of rotatable bonds is 4. The lowest BCUT2D eigenvalue weighted by Crippen LogP contribution is -2.34. The van der Waals surface area contributed by atoms with Gasteiger partial charge in [-0.2, -0.15) is 0 Å². The van der Waals surface area contributed by atoms with E-state index in [9.17, 15) is 14.3 Å². The van der Waals surface area contributed by atoms with E-state index in [2.05, 4.69) is 0 Å². The van der Waals surface area contributed by atoms with Crippen molar-refractivity contribution < 1.29 is 14.3 Å². The zero-order valence-corrected chi connectivity index (χ0v) is 11.1. The summed E-state index contributed by atoms with van der Waals surface area (Å²) >= 11 is 0. The molecule has 18 heavy (non-hydrogen) atoms. The van der Waals surface area contributed by atoms with Gasteiger partial charge in [0.1, 0.15) is 5.82 Å². The van der Waals surface area contributed by atoms with Gasteiger partial charge in [-0.05, 0) is 24.6 Å². The van der Waals surface area contributed by atoms with Crippen molar-refractivity contribution in [2.75, 3.05) is 32.6 Å². The summed E-state index contributed by atoms with van der Waals surface area (Å²) in [6.07, 6.45) is -0.706. The van der Waals surface area contributed by atoms with Crippen LogP contribution in [0.2, 0.25) is 0 Å². The summed E-state index contributed by atoms with van der Waals surface area (Å²) in [6, 6.07) is 4.51. The number of aliphatic hydroxyl groups excluding tert-OH is 1. The Morgan fingerprint density at radius 2 is 2.00 bits per heavy atom.